The lowest BCUT2D eigenvalue weighted by atomic mass is 9.95. The van der Waals surface area contributed by atoms with Crippen molar-refractivity contribution in [2.24, 2.45) is 0 Å². The van der Waals surface area contributed by atoms with Crippen molar-refractivity contribution < 1.29 is 14.3 Å². The number of hydrogen-bond acceptors (Lipinski definition) is 2. The van der Waals surface area contributed by atoms with E-state index in [4.69, 9.17) is 16.0 Å². The fraction of sp³-hybridized carbons (Fsp3) is 0.154. The molecule has 0 aliphatic rings. The molecule has 0 unspecified atom stereocenters. The number of halogens is 1. The zero-order chi connectivity index (χ0) is 12.3. The van der Waals surface area contributed by atoms with Crippen LogP contribution in [0.2, 0.25) is 5.02 Å². The minimum Gasteiger partial charge on any atom is -0.481 e. The van der Waals surface area contributed by atoms with Crippen LogP contribution in [0.5, 0.6) is 0 Å². The molecule has 2 rings (SSSR count). The van der Waals surface area contributed by atoms with E-state index >= 15 is 0 Å². The number of carboxylic acids is 1. The van der Waals surface area contributed by atoms with Crippen molar-refractivity contribution in [1.82, 2.24) is 0 Å². The molecule has 0 amide bonds. The van der Waals surface area contributed by atoms with E-state index in [9.17, 15) is 9.90 Å². The summed E-state index contributed by atoms with van der Waals surface area (Å²) in [6, 6.07) is 10.3. The van der Waals surface area contributed by atoms with Crippen LogP contribution in [-0.2, 0) is 11.2 Å². The standard InChI is InChI=1S/C13H11ClO3/c14-10-5-3-9(4-6-10)12(13(15)16)8-11-2-1-7-17-11/h1-7,12H,8H2,(H,15,16)/t12-/m0/s1. The number of furan rings is 1. The fourth-order valence-electron chi connectivity index (χ4n) is 1.67. The number of hydrogen-bond donors (Lipinski definition) is 1. The maximum atomic E-state index is 11.2. The first-order valence-electron chi connectivity index (χ1n) is 5.17. The second-order valence-electron chi connectivity index (χ2n) is 3.73. The second kappa shape index (κ2) is 5.06. The van der Waals surface area contributed by atoms with E-state index in [1.54, 1.807) is 36.4 Å². The SMILES string of the molecule is O=C(O)[C@@H](Cc1ccco1)c1ccc(Cl)cc1. The van der Waals surface area contributed by atoms with Crippen LogP contribution in [-0.4, -0.2) is 11.1 Å². The smallest absolute Gasteiger partial charge is 0.311 e. The molecule has 1 aromatic carbocycles. The van der Waals surface area contributed by atoms with Crippen molar-refractivity contribution in [3.63, 3.8) is 0 Å². The van der Waals surface area contributed by atoms with Crippen LogP contribution < -0.4 is 0 Å². The van der Waals surface area contributed by atoms with Gasteiger partial charge in [-0.3, -0.25) is 4.79 Å². The first-order chi connectivity index (χ1) is 8.16. The number of carbonyl (C=O) groups is 1. The molecule has 1 heterocycles. The van der Waals surface area contributed by atoms with Crippen molar-refractivity contribution in [2.75, 3.05) is 0 Å². The third-order valence-corrected chi connectivity index (χ3v) is 2.81. The summed E-state index contributed by atoms with van der Waals surface area (Å²) in [5.41, 5.74) is 0.721. The largest absolute Gasteiger partial charge is 0.481 e. The van der Waals surface area contributed by atoms with Crippen molar-refractivity contribution in [3.8, 4) is 0 Å². The van der Waals surface area contributed by atoms with Gasteiger partial charge in [-0.15, -0.1) is 0 Å². The molecule has 0 saturated carbocycles. The molecule has 0 aliphatic heterocycles. The number of rotatable bonds is 4. The normalized spacial score (nSPS) is 12.3. The van der Waals surface area contributed by atoms with Gasteiger partial charge in [-0.05, 0) is 29.8 Å². The molecule has 0 aliphatic carbocycles. The summed E-state index contributed by atoms with van der Waals surface area (Å²) < 4.78 is 5.17. The zero-order valence-electron chi connectivity index (χ0n) is 8.97. The lowest BCUT2D eigenvalue weighted by molar-refractivity contribution is -0.138. The first kappa shape index (κ1) is 11.7. The highest BCUT2D eigenvalue weighted by Crippen LogP contribution is 2.23. The molecule has 4 heteroatoms. The number of carboxylic acid groups (broad SMARTS) is 1. The molecule has 0 spiro atoms. The molecular formula is C13H11ClO3. The van der Waals surface area contributed by atoms with Gasteiger partial charge in [0.25, 0.3) is 0 Å². The van der Waals surface area contributed by atoms with Crippen LogP contribution in [0.3, 0.4) is 0 Å². The number of aliphatic carboxylic acids is 1. The van der Waals surface area contributed by atoms with E-state index in [1.807, 2.05) is 0 Å². The van der Waals surface area contributed by atoms with Crippen molar-refractivity contribution in [3.05, 3.63) is 59.0 Å². The van der Waals surface area contributed by atoms with Crippen molar-refractivity contribution in [2.45, 2.75) is 12.3 Å². The molecule has 2 aromatic rings. The molecule has 17 heavy (non-hydrogen) atoms. The Bertz CT molecular complexity index is 488. The Kier molecular flexibility index (Phi) is 3.49. The molecule has 1 N–H and O–H groups in total. The van der Waals surface area contributed by atoms with Crippen LogP contribution in [0.4, 0.5) is 0 Å². The summed E-state index contributed by atoms with van der Waals surface area (Å²) in [5.74, 6) is -0.825. The van der Waals surface area contributed by atoms with Gasteiger partial charge in [0, 0.05) is 11.4 Å². The zero-order valence-corrected chi connectivity index (χ0v) is 9.72. The molecule has 1 aromatic heterocycles. The molecule has 3 nitrogen and oxygen atoms in total. The van der Waals surface area contributed by atoms with E-state index in [0.717, 1.165) is 5.56 Å². The quantitative estimate of drug-likeness (QED) is 0.905. The van der Waals surface area contributed by atoms with Crippen LogP contribution in [0.25, 0.3) is 0 Å². The van der Waals surface area contributed by atoms with E-state index in [2.05, 4.69) is 0 Å². The summed E-state index contributed by atoms with van der Waals surface area (Å²) in [4.78, 5) is 11.2. The fourth-order valence-corrected chi connectivity index (χ4v) is 1.80. The molecule has 0 fully saturated rings. The first-order valence-corrected chi connectivity index (χ1v) is 5.55. The predicted octanol–water partition coefficient (Wildman–Crippen LogP) is 3.34. The van der Waals surface area contributed by atoms with Gasteiger partial charge >= 0.3 is 5.97 Å². The third kappa shape index (κ3) is 2.88. The monoisotopic (exact) mass is 250 g/mol. The lowest BCUT2D eigenvalue weighted by Gasteiger charge is -2.11. The van der Waals surface area contributed by atoms with Crippen LogP contribution in [0.15, 0.2) is 47.1 Å². The minimum absolute atomic E-state index is 0.337. The third-order valence-electron chi connectivity index (χ3n) is 2.56. The Balaban J connectivity index is 2.23. The van der Waals surface area contributed by atoms with Gasteiger partial charge in [-0.2, -0.15) is 0 Å². The number of benzene rings is 1. The predicted molar refractivity (Wildman–Crippen MR) is 64.2 cm³/mol. The molecule has 1 atom stereocenters. The van der Waals surface area contributed by atoms with Gasteiger partial charge in [0.1, 0.15) is 5.76 Å². The van der Waals surface area contributed by atoms with Gasteiger partial charge < -0.3 is 9.52 Å². The Morgan fingerprint density at radius 2 is 2.00 bits per heavy atom. The average molecular weight is 251 g/mol. The van der Waals surface area contributed by atoms with Crippen molar-refractivity contribution in [1.29, 1.82) is 0 Å². The molecule has 0 saturated heterocycles. The Hall–Kier alpha value is -1.74. The molecule has 88 valence electrons. The highest BCUT2D eigenvalue weighted by Gasteiger charge is 2.21. The van der Waals surface area contributed by atoms with E-state index in [1.165, 1.54) is 6.26 Å². The highest BCUT2D eigenvalue weighted by molar-refractivity contribution is 6.30. The Morgan fingerprint density at radius 3 is 2.53 bits per heavy atom. The molecular weight excluding hydrogens is 240 g/mol. The minimum atomic E-state index is -0.872. The second-order valence-corrected chi connectivity index (χ2v) is 4.16. The molecule has 0 bridgehead atoms. The van der Waals surface area contributed by atoms with Gasteiger partial charge in [0.15, 0.2) is 0 Å². The summed E-state index contributed by atoms with van der Waals surface area (Å²) in [6.45, 7) is 0. The maximum Gasteiger partial charge on any atom is 0.311 e. The van der Waals surface area contributed by atoms with Crippen LogP contribution >= 0.6 is 11.6 Å². The summed E-state index contributed by atoms with van der Waals surface area (Å²) >= 11 is 5.77. The van der Waals surface area contributed by atoms with Crippen molar-refractivity contribution >= 4 is 17.6 Å². The van der Waals surface area contributed by atoms with Gasteiger partial charge in [-0.25, -0.2) is 0 Å². The summed E-state index contributed by atoms with van der Waals surface area (Å²) in [7, 11) is 0. The molecule has 0 radical (unpaired) electrons. The Morgan fingerprint density at radius 1 is 1.29 bits per heavy atom. The van der Waals surface area contributed by atoms with Gasteiger partial charge in [0.05, 0.1) is 12.2 Å². The van der Waals surface area contributed by atoms with Crippen LogP contribution in [0.1, 0.15) is 17.2 Å². The average Bonchev–Trinajstić information content (AvgIpc) is 2.80. The topological polar surface area (TPSA) is 50.4 Å². The summed E-state index contributed by atoms with van der Waals surface area (Å²) in [6.07, 6.45) is 1.88. The Labute approximate surface area is 104 Å². The van der Waals surface area contributed by atoms with E-state index in [-0.39, 0.29) is 0 Å². The van der Waals surface area contributed by atoms with Gasteiger partial charge in [0.2, 0.25) is 0 Å². The lowest BCUT2D eigenvalue weighted by Crippen LogP contribution is -2.14. The van der Waals surface area contributed by atoms with Gasteiger partial charge in [-0.1, -0.05) is 23.7 Å². The highest BCUT2D eigenvalue weighted by atomic mass is 35.5. The van der Waals surface area contributed by atoms with E-state index in [0.29, 0.717) is 17.2 Å². The summed E-state index contributed by atoms with van der Waals surface area (Å²) in [5, 5.41) is 9.81. The van der Waals surface area contributed by atoms with E-state index < -0.39 is 11.9 Å². The van der Waals surface area contributed by atoms with Crippen LogP contribution in [0, 0.1) is 0 Å². The maximum absolute atomic E-state index is 11.2.